The molecule has 0 saturated heterocycles. The second-order valence-electron chi connectivity index (χ2n) is 3.90. The number of amides is 1. The maximum atomic E-state index is 11.7. The van der Waals surface area contributed by atoms with Crippen LogP contribution >= 0.6 is 0 Å². The van der Waals surface area contributed by atoms with Gasteiger partial charge in [-0.1, -0.05) is 12.1 Å². The summed E-state index contributed by atoms with van der Waals surface area (Å²) in [6.07, 6.45) is 0. The Morgan fingerprint density at radius 2 is 1.74 bits per heavy atom. The predicted octanol–water partition coefficient (Wildman–Crippen LogP) is 0.882. The molecule has 98 valence electrons. The Bertz CT molecular complexity index is 786. The smallest absolute Gasteiger partial charge is 0.256 e. The van der Waals surface area contributed by atoms with E-state index < -0.39 is 28.1 Å². The summed E-state index contributed by atoms with van der Waals surface area (Å²) in [5, 5.41) is 3.11. The summed E-state index contributed by atoms with van der Waals surface area (Å²) in [6, 6.07) is 5.64. The van der Waals surface area contributed by atoms with Crippen molar-refractivity contribution in [3.63, 3.8) is 0 Å². The summed E-state index contributed by atoms with van der Waals surface area (Å²) in [5.74, 6) is -0.443. The van der Waals surface area contributed by atoms with Crippen LogP contribution in [0.2, 0.25) is 0 Å². The second-order valence-corrected chi connectivity index (χ2v) is 5.72. The van der Waals surface area contributed by atoms with Gasteiger partial charge in [-0.25, -0.2) is 0 Å². The molecule has 1 aliphatic heterocycles. The van der Waals surface area contributed by atoms with Gasteiger partial charge in [0.1, 0.15) is 0 Å². The summed E-state index contributed by atoms with van der Waals surface area (Å²) in [7, 11) is 0. The SMILES string of the molecule is O=C1Nc2c(S(=O)[O-])cc(S(=O)[O-])c3cccc1c23. The predicted molar refractivity (Wildman–Crippen MR) is 66.3 cm³/mol. The molecule has 3 rings (SSSR count). The van der Waals surface area contributed by atoms with Crippen molar-refractivity contribution in [2.24, 2.45) is 0 Å². The molecule has 1 amide bonds. The van der Waals surface area contributed by atoms with Crippen LogP contribution in [-0.4, -0.2) is 23.4 Å². The van der Waals surface area contributed by atoms with Gasteiger partial charge in [0.05, 0.1) is 10.6 Å². The quantitative estimate of drug-likeness (QED) is 0.827. The number of nitrogens with one attached hydrogen (secondary N) is 1. The molecular formula is C11H5NO5S2-2. The maximum absolute atomic E-state index is 11.7. The molecule has 0 aliphatic carbocycles. The highest BCUT2D eigenvalue weighted by Crippen LogP contribution is 2.39. The zero-order valence-corrected chi connectivity index (χ0v) is 10.8. The summed E-state index contributed by atoms with van der Waals surface area (Å²) in [5.41, 5.74) is 0.407. The third-order valence-electron chi connectivity index (χ3n) is 2.93. The van der Waals surface area contributed by atoms with E-state index in [1.807, 2.05) is 0 Å². The van der Waals surface area contributed by atoms with Crippen molar-refractivity contribution in [2.75, 3.05) is 5.32 Å². The van der Waals surface area contributed by atoms with E-state index in [1.165, 1.54) is 12.1 Å². The Labute approximate surface area is 112 Å². The fraction of sp³-hybridized carbons (Fsp3) is 0. The Balaban J connectivity index is 2.54. The Kier molecular flexibility index (Phi) is 2.75. The minimum absolute atomic E-state index is 0.137. The number of carbonyl (C=O) groups is 1. The first kappa shape index (κ1) is 12.4. The highest BCUT2D eigenvalue weighted by molar-refractivity contribution is 7.80. The zero-order chi connectivity index (χ0) is 13.7. The molecule has 0 aromatic heterocycles. The van der Waals surface area contributed by atoms with Crippen molar-refractivity contribution < 1.29 is 22.3 Å². The monoisotopic (exact) mass is 295 g/mol. The first-order chi connectivity index (χ1) is 9.00. The molecule has 0 radical (unpaired) electrons. The van der Waals surface area contributed by atoms with Gasteiger partial charge >= 0.3 is 0 Å². The van der Waals surface area contributed by atoms with Gasteiger partial charge < -0.3 is 14.4 Å². The van der Waals surface area contributed by atoms with E-state index in [9.17, 15) is 22.3 Å². The molecule has 2 atom stereocenters. The normalized spacial score (nSPS) is 16.4. The molecule has 19 heavy (non-hydrogen) atoms. The van der Waals surface area contributed by atoms with Crippen molar-refractivity contribution in [2.45, 2.75) is 9.79 Å². The van der Waals surface area contributed by atoms with Gasteiger partial charge in [-0.2, -0.15) is 0 Å². The summed E-state index contributed by atoms with van der Waals surface area (Å²) in [4.78, 5) is 11.4. The van der Waals surface area contributed by atoms with E-state index in [0.29, 0.717) is 10.8 Å². The van der Waals surface area contributed by atoms with Gasteiger partial charge in [0.2, 0.25) is 0 Å². The summed E-state index contributed by atoms with van der Waals surface area (Å²) < 4.78 is 44.8. The van der Waals surface area contributed by atoms with Crippen LogP contribution in [0, 0.1) is 0 Å². The molecule has 1 heterocycles. The minimum Gasteiger partial charge on any atom is -0.768 e. The highest BCUT2D eigenvalue weighted by atomic mass is 32.2. The summed E-state index contributed by atoms with van der Waals surface area (Å²) in [6.45, 7) is 0. The molecule has 1 aliphatic rings. The molecule has 1 N–H and O–H groups in total. The molecule has 0 spiro atoms. The Morgan fingerprint density at radius 3 is 2.37 bits per heavy atom. The van der Waals surface area contributed by atoms with Gasteiger partial charge in [-0.05, 0) is 39.7 Å². The third-order valence-corrected chi connectivity index (χ3v) is 4.31. The van der Waals surface area contributed by atoms with Crippen molar-refractivity contribution in [3.8, 4) is 0 Å². The van der Waals surface area contributed by atoms with E-state index in [0.717, 1.165) is 6.07 Å². The van der Waals surface area contributed by atoms with E-state index in [2.05, 4.69) is 5.32 Å². The van der Waals surface area contributed by atoms with Gasteiger partial charge in [0, 0.05) is 15.8 Å². The van der Waals surface area contributed by atoms with E-state index in [-0.39, 0.29) is 21.0 Å². The van der Waals surface area contributed by atoms with Crippen LogP contribution in [0.5, 0.6) is 0 Å². The van der Waals surface area contributed by atoms with Gasteiger partial charge in [-0.15, -0.1) is 0 Å². The standard InChI is InChI=1S/C11H7NO5S2/c13-11-6-3-1-2-5-7(18(14)15)4-8(19(16)17)10(12-11)9(5)6/h1-4H,(H,12,13)(H,14,15)(H,16,17)/p-2. The maximum Gasteiger partial charge on any atom is 0.256 e. The van der Waals surface area contributed by atoms with Gasteiger partial charge in [0.25, 0.3) is 5.91 Å². The number of hydrogen-bond acceptors (Lipinski definition) is 5. The molecule has 0 bridgehead atoms. The molecule has 2 unspecified atom stereocenters. The van der Waals surface area contributed by atoms with Crippen molar-refractivity contribution >= 4 is 44.5 Å². The molecule has 2 aromatic rings. The molecular weight excluding hydrogens is 290 g/mol. The lowest BCUT2D eigenvalue weighted by molar-refractivity contribution is 0.103. The molecule has 2 aromatic carbocycles. The lowest BCUT2D eigenvalue weighted by atomic mass is 10.1. The number of benzene rings is 2. The lowest BCUT2D eigenvalue weighted by Gasteiger charge is -2.15. The first-order valence-electron chi connectivity index (χ1n) is 5.10. The minimum atomic E-state index is -2.64. The molecule has 0 fully saturated rings. The van der Waals surface area contributed by atoms with Crippen LogP contribution in [-0.2, 0) is 22.2 Å². The van der Waals surface area contributed by atoms with E-state index in [4.69, 9.17) is 0 Å². The number of carbonyl (C=O) groups excluding carboxylic acids is 1. The fourth-order valence-electron chi connectivity index (χ4n) is 2.18. The van der Waals surface area contributed by atoms with Crippen LogP contribution < -0.4 is 5.32 Å². The number of anilines is 1. The van der Waals surface area contributed by atoms with Crippen LogP contribution in [0.15, 0.2) is 34.1 Å². The zero-order valence-electron chi connectivity index (χ0n) is 9.17. The van der Waals surface area contributed by atoms with Gasteiger partial charge in [0.15, 0.2) is 0 Å². The van der Waals surface area contributed by atoms with Crippen molar-refractivity contribution in [1.29, 1.82) is 0 Å². The molecule has 6 nitrogen and oxygen atoms in total. The van der Waals surface area contributed by atoms with E-state index in [1.54, 1.807) is 6.07 Å². The second kappa shape index (κ2) is 4.20. The Morgan fingerprint density at radius 1 is 1.05 bits per heavy atom. The van der Waals surface area contributed by atoms with Crippen molar-refractivity contribution in [1.82, 2.24) is 0 Å². The van der Waals surface area contributed by atoms with Gasteiger partial charge in [-0.3, -0.25) is 13.2 Å². The van der Waals surface area contributed by atoms with E-state index >= 15 is 0 Å². The van der Waals surface area contributed by atoms with Crippen LogP contribution in [0.25, 0.3) is 10.8 Å². The summed E-state index contributed by atoms with van der Waals surface area (Å²) >= 11 is -5.24. The lowest BCUT2D eigenvalue weighted by Crippen LogP contribution is -2.06. The number of hydrogen-bond donors (Lipinski definition) is 1. The average Bonchev–Trinajstić information content (AvgIpc) is 2.68. The number of rotatable bonds is 2. The van der Waals surface area contributed by atoms with Crippen LogP contribution in [0.4, 0.5) is 5.69 Å². The topological polar surface area (TPSA) is 109 Å². The van der Waals surface area contributed by atoms with Crippen molar-refractivity contribution in [3.05, 3.63) is 29.8 Å². The molecule has 8 heteroatoms. The van der Waals surface area contributed by atoms with Crippen LogP contribution in [0.1, 0.15) is 10.4 Å². The molecule has 0 saturated carbocycles. The first-order valence-corrected chi connectivity index (χ1v) is 7.25. The third kappa shape index (κ3) is 1.72. The largest absolute Gasteiger partial charge is 0.768 e. The fourth-order valence-corrected chi connectivity index (χ4v) is 3.35. The average molecular weight is 295 g/mol. The highest BCUT2D eigenvalue weighted by Gasteiger charge is 2.26. The van der Waals surface area contributed by atoms with Crippen LogP contribution in [0.3, 0.4) is 0 Å². The Hall–Kier alpha value is -1.61.